The van der Waals surface area contributed by atoms with Crippen LogP contribution in [0.15, 0.2) is 90.8 Å². The topological polar surface area (TPSA) is 178 Å². The molecule has 0 radical (unpaired) electrons. The van der Waals surface area contributed by atoms with E-state index in [1.165, 1.54) is 5.01 Å². The highest BCUT2D eigenvalue weighted by Crippen LogP contribution is 2.27. The average molecular weight is 697 g/mol. The van der Waals surface area contributed by atoms with Gasteiger partial charge in [0.2, 0.25) is 23.0 Å². The summed E-state index contributed by atoms with van der Waals surface area (Å²) < 4.78 is 11.7. The molecule has 51 heavy (non-hydrogen) atoms. The molecule has 5 rings (SSSR count). The number of hydrogen-bond donors (Lipinski definition) is 4. The fourth-order valence-electron chi connectivity index (χ4n) is 5.89. The van der Waals surface area contributed by atoms with Crippen molar-refractivity contribution in [1.29, 1.82) is 5.39 Å². The third kappa shape index (κ3) is 9.75. The number of benzene rings is 3. The van der Waals surface area contributed by atoms with Crippen molar-refractivity contribution < 1.29 is 33.8 Å². The van der Waals surface area contributed by atoms with E-state index in [2.05, 4.69) is 20.9 Å². The van der Waals surface area contributed by atoms with E-state index in [-0.39, 0.29) is 38.1 Å². The zero-order chi connectivity index (χ0) is 36.5. The molecule has 2 aliphatic heterocycles. The maximum Gasteiger partial charge on any atom is 0.389 e. The van der Waals surface area contributed by atoms with Gasteiger partial charge in [-0.15, -0.1) is 0 Å². The fraction of sp³-hybridized carbons (Fsp3) is 0.351. The van der Waals surface area contributed by atoms with Gasteiger partial charge in [0.15, 0.2) is 4.98 Å². The smallest absolute Gasteiger partial charge is 0.389 e. The van der Waals surface area contributed by atoms with E-state index in [0.717, 1.165) is 16.8 Å². The van der Waals surface area contributed by atoms with Gasteiger partial charge in [-0.3, -0.25) is 19.4 Å². The summed E-state index contributed by atoms with van der Waals surface area (Å²) in [5.74, 6) is -0.125. The van der Waals surface area contributed by atoms with Crippen LogP contribution >= 0.6 is 0 Å². The third-order valence-electron chi connectivity index (χ3n) is 8.21. The molecule has 3 aromatic rings. The average Bonchev–Trinajstić information content (AvgIpc) is 3.21. The molecule has 14 heteroatoms. The first-order valence-electron chi connectivity index (χ1n) is 16.8. The van der Waals surface area contributed by atoms with Gasteiger partial charge in [-0.05, 0) is 94.1 Å². The molecule has 0 aliphatic carbocycles. The molecule has 0 unspecified atom stereocenters. The van der Waals surface area contributed by atoms with Crippen LogP contribution in [0.1, 0.15) is 52.0 Å². The maximum absolute atomic E-state index is 14.0. The summed E-state index contributed by atoms with van der Waals surface area (Å²) in [6.07, 6.45) is 1.63. The number of aliphatic hydroxyl groups is 1. The maximum atomic E-state index is 14.0. The second-order valence-corrected chi connectivity index (χ2v) is 13.3. The summed E-state index contributed by atoms with van der Waals surface area (Å²) >= 11 is 0. The van der Waals surface area contributed by atoms with Crippen LogP contribution < -0.4 is 25.4 Å². The van der Waals surface area contributed by atoms with E-state index in [4.69, 9.17) is 14.9 Å². The SMILES string of the molecule is CC(C)(C)Oc1ccc(C[C@H](NC(=O)[C@@H]2CCCN3C(=O)CC[C@H](NC(=O)Nc4ccc(Oc5ccccc5)cc4)C(=O)N23)/C(O)=C/[N+]#N)cc1. The van der Waals surface area contributed by atoms with E-state index in [0.29, 0.717) is 29.4 Å². The quantitative estimate of drug-likeness (QED) is 0.155. The van der Waals surface area contributed by atoms with Gasteiger partial charge in [0, 0.05) is 25.1 Å². The number of anilines is 1. The molecule has 3 aromatic carbocycles. The Labute approximate surface area is 296 Å². The second kappa shape index (κ2) is 16.1. The first-order chi connectivity index (χ1) is 24.4. The monoisotopic (exact) mass is 696 g/mol. The number of hydrazine groups is 1. The van der Waals surface area contributed by atoms with E-state index in [1.54, 1.807) is 48.5 Å². The molecule has 14 nitrogen and oxygen atoms in total. The molecule has 266 valence electrons. The van der Waals surface area contributed by atoms with Crippen LogP contribution in [0, 0.1) is 5.39 Å². The lowest BCUT2D eigenvalue weighted by Gasteiger charge is -2.43. The molecule has 0 saturated carbocycles. The van der Waals surface area contributed by atoms with Crippen LogP contribution in [0.5, 0.6) is 17.2 Å². The second-order valence-electron chi connectivity index (χ2n) is 13.3. The van der Waals surface area contributed by atoms with Gasteiger partial charge < -0.3 is 30.5 Å². The Kier molecular flexibility index (Phi) is 11.4. The first-order valence-corrected chi connectivity index (χ1v) is 16.8. The fourth-order valence-corrected chi connectivity index (χ4v) is 5.89. The molecule has 3 atom stereocenters. The van der Waals surface area contributed by atoms with Crippen LogP contribution in [0.4, 0.5) is 10.5 Å². The van der Waals surface area contributed by atoms with Crippen molar-refractivity contribution in [2.45, 2.75) is 76.6 Å². The Balaban J connectivity index is 1.26. The van der Waals surface area contributed by atoms with Gasteiger partial charge in [-0.1, -0.05) is 30.3 Å². The Morgan fingerprint density at radius 2 is 1.65 bits per heavy atom. The van der Waals surface area contributed by atoms with E-state index >= 15 is 0 Å². The number of para-hydroxylation sites is 1. The predicted molar refractivity (Wildman–Crippen MR) is 188 cm³/mol. The molecule has 2 saturated heterocycles. The Morgan fingerprint density at radius 1 is 0.980 bits per heavy atom. The van der Waals surface area contributed by atoms with E-state index in [1.807, 2.05) is 51.1 Å². The van der Waals surface area contributed by atoms with E-state index in [9.17, 15) is 24.3 Å². The number of rotatable bonds is 10. The van der Waals surface area contributed by atoms with Crippen LogP contribution in [-0.4, -0.2) is 69.1 Å². The zero-order valence-electron chi connectivity index (χ0n) is 28.7. The van der Waals surface area contributed by atoms with Gasteiger partial charge in [-0.25, -0.2) is 9.80 Å². The number of amides is 5. The minimum atomic E-state index is -1.11. The number of nitrogens with zero attached hydrogens (tertiary/aromatic N) is 4. The van der Waals surface area contributed by atoms with Crippen molar-refractivity contribution in [3.63, 3.8) is 0 Å². The standard InChI is InChI=1S/C37H41N7O7/c1-37(2,3)51-28-15-11-24(12-16-28)22-30(32(45)23-39-38)41-34(47)31-10-7-21-43-33(46)20-19-29(35(48)44(31)43)42-36(49)40-25-13-17-27(18-14-25)50-26-8-5-4-6-9-26/h4-6,8-9,11-18,23,29-31H,7,10,19-22H2,1-3H3,(H3-,40,41,42,45,47,49)/p+1/b32-23-/t29-,30-,31-/m0/s1. The van der Waals surface area contributed by atoms with Crippen LogP contribution in [0.25, 0.3) is 4.98 Å². The molecular weight excluding hydrogens is 654 g/mol. The highest BCUT2D eigenvalue weighted by atomic mass is 16.5. The van der Waals surface area contributed by atoms with Gasteiger partial charge in [0.05, 0.1) is 6.04 Å². The van der Waals surface area contributed by atoms with Crippen LogP contribution in [0.2, 0.25) is 0 Å². The Bertz CT molecular complexity index is 1780. The van der Waals surface area contributed by atoms with Crippen molar-refractivity contribution in [1.82, 2.24) is 20.7 Å². The van der Waals surface area contributed by atoms with Gasteiger partial charge >= 0.3 is 12.2 Å². The number of hydrogen-bond acceptors (Lipinski definition) is 8. The number of carbonyl (C=O) groups excluding carboxylic acids is 4. The highest BCUT2D eigenvalue weighted by molar-refractivity contribution is 5.97. The largest absolute Gasteiger partial charge is 0.504 e. The Morgan fingerprint density at radius 3 is 2.31 bits per heavy atom. The predicted octanol–water partition coefficient (Wildman–Crippen LogP) is 5.65. The molecule has 2 aliphatic rings. The molecule has 0 aromatic heterocycles. The lowest BCUT2D eigenvalue weighted by atomic mass is 10.0. The number of nitrogens with one attached hydrogen (secondary N) is 3. The molecule has 5 amide bonds. The lowest BCUT2D eigenvalue weighted by Crippen LogP contribution is -2.64. The first kappa shape index (κ1) is 36.2. The van der Waals surface area contributed by atoms with Crippen molar-refractivity contribution >= 4 is 29.4 Å². The van der Waals surface area contributed by atoms with Gasteiger partial charge in [0.25, 0.3) is 5.91 Å². The van der Waals surface area contributed by atoms with Gasteiger partial charge in [-0.2, -0.15) is 0 Å². The summed E-state index contributed by atoms with van der Waals surface area (Å²) in [6, 6.07) is 19.2. The minimum Gasteiger partial charge on any atom is -0.504 e. The van der Waals surface area contributed by atoms with Crippen molar-refractivity contribution in [3.05, 3.63) is 101 Å². The molecule has 0 bridgehead atoms. The summed E-state index contributed by atoms with van der Waals surface area (Å²) in [4.78, 5) is 56.9. The molecule has 4 N–H and O–H groups in total. The number of urea groups is 1. The summed E-state index contributed by atoms with van der Waals surface area (Å²) in [5, 5.41) is 30.3. The summed E-state index contributed by atoms with van der Waals surface area (Å²) in [5.41, 5.74) is 0.788. The summed E-state index contributed by atoms with van der Waals surface area (Å²) in [7, 11) is 0. The number of diazo groups is 1. The number of fused-ring (bicyclic) bond motifs is 1. The summed E-state index contributed by atoms with van der Waals surface area (Å²) in [6.45, 7) is 6.02. The number of aliphatic hydroxyl groups excluding tert-OH is 1. The highest BCUT2D eigenvalue weighted by Gasteiger charge is 2.45. The van der Waals surface area contributed by atoms with Crippen molar-refractivity contribution in [3.8, 4) is 17.2 Å². The molecule has 2 heterocycles. The lowest BCUT2D eigenvalue weighted by molar-refractivity contribution is -0.176. The molecule has 2 fully saturated rings. The third-order valence-corrected chi connectivity index (χ3v) is 8.21. The molecule has 0 spiro atoms. The Hall–Kier alpha value is -6.10. The van der Waals surface area contributed by atoms with Crippen LogP contribution in [-0.2, 0) is 20.8 Å². The van der Waals surface area contributed by atoms with Crippen molar-refractivity contribution in [2.75, 3.05) is 11.9 Å². The number of ether oxygens (including phenoxy) is 2. The van der Waals surface area contributed by atoms with Crippen LogP contribution in [0.3, 0.4) is 0 Å². The normalized spacial score (nSPS) is 18.4. The number of carbonyl (C=O) groups is 4. The zero-order valence-corrected chi connectivity index (χ0v) is 28.7. The molecular formula is C37H42N7O7+. The van der Waals surface area contributed by atoms with E-state index < -0.39 is 47.3 Å². The van der Waals surface area contributed by atoms with Gasteiger partial charge in [0.1, 0.15) is 34.9 Å². The van der Waals surface area contributed by atoms with Crippen molar-refractivity contribution in [2.24, 2.45) is 0 Å². The minimum absolute atomic E-state index is 0.0217.